The second-order valence-corrected chi connectivity index (χ2v) is 7.65. The van der Waals surface area contributed by atoms with Crippen molar-refractivity contribution in [2.24, 2.45) is 0 Å². The third-order valence-electron chi connectivity index (χ3n) is 5.61. The number of carbonyl (C=O) groups is 1. The fourth-order valence-corrected chi connectivity index (χ4v) is 3.65. The highest BCUT2D eigenvalue weighted by Crippen LogP contribution is 2.26. The molecule has 1 saturated heterocycles. The highest BCUT2D eigenvalue weighted by atomic mass is 19.1. The topological polar surface area (TPSA) is 106 Å². The molecule has 166 valence electrons. The van der Waals surface area contributed by atoms with Crippen molar-refractivity contribution in [3.05, 3.63) is 75.9 Å². The van der Waals surface area contributed by atoms with Crippen LogP contribution < -0.4 is 0 Å². The molecule has 1 fully saturated rings. The number of halogens is 1. The van der Waals surface area contributed by atoms with Crippen LogP contribution in [0.5, 0.6) is 0 Å². The van der Waals surface area contributed by atoms with Crippen LogP contribution in [0.4, 0.5) is 10.1 Å². The summed E-state index contributed by atoms with van der Waals surface area (Å²) in [6.07, 6.45) is 0.248. The summed E-state index contributed by atoms with van der Waals surface area (Å²) < 4.78 is 18.8. The summed E-state index contributed by atoms with van der Waals surface area (Å²) in [6.45, 7) is 4.43. The molecule has 0 bridgehead atoms. The van der Waals surface area contributed by atoms with E-state index >= 15 is 0 Å². The molecule has 0 saturated carbocycles. The van der Waals surface area contributed by atoms with Crippen LogP contribution >= 0.6 is 0 Å². The lowest BCUT2D eigenvalue weighted by molar-refractivity contribution is -0.384. The summed E-state index contributed by atoms with van der Waals surface area (Å²) >= 11 is 0. The number of nitrogens with zero attached hydrogens (tertiary/aromatic N) is 5. The van der Waals surface area contributed by atoms with Crippen LogP contribution in [0.3, 0.4) is 0 Å². The standard InChI is InChI=1S/C22H22FN5O4/c1-15(21-24-25-22(32-21)17-4-8-19(9-5-17)28(30)31)26-10-12-27(13-11-26)20(29)14-16-2-6-18(23)7-3-16/h2-9,15H,10-14H2,1H3. The van der Waals surface area contributed by atoms with Gasteiger partial charge in [-0.1, -0.05) is 12.1 Å². The minimum atomic E-state index is -0.463. The van der Waals surface area contributed by atoms with Gasteiger partial charge in [-0.25, -0.2) is 4.39 Å². The Morgan fingerprint density at radius 2 is 1.75 bits per heavy atom. The van der Waals surface area contributed by atoms with Crippen LogP contribution in [0.2, 0.25) is 0 Å². The summed E-state index contributed by atoms with van der Waals surface area (Å²) in [5.74, 6) is 0.447. The van der Waals surface area contributed by atoms with Crippen LogP contribution in [0, 0.1) is 15.9 Å². The van der Waals surface area contributed by atoms with E-state index in [1.165, 1.54) is 24.3 Å². The molecule has 0 spiro atoms. The normalized spacial score (nSPS) is 15.5. The Morgan fingerprint density at radius 3 is 2.38 bits per heavy atom. The van der Waals surface area contributed by atoms with E-state index in [9.17, 15) is 19.3 Å². The van der Waals surface area contributed by atoms with E-state index < -0.39 is 4.92 Å². The minimum Gasteiger partial charge on any atom is -0.419 e. The van der Waals surface area contributed by atoms with Crippen LogP contribution in [0.25, 0.3) is 11.5 Å². The van der Waals surface area contributed by atoms with E-state index in [1.807, 2.05) is 11.8 Å². The summed E-state index contributed by atoms with van der Waals surface area (Å²) in [5, 5.41) is 19.0. The van der Waals surface area contributed by atoms with Gasteiger partial charge in [-0.2, -0.15) is 0 Å². The van der Waals surface area contributed by atoms with Gasteiger partial charge in [0.2, 0.25) is 17.7 Å². The number of hydrogen-bond acceptors (Lipinski definition) is 7. The van der Waals surface area contributed by atoms with Crippen molar-refractivity contribution in [3.8, 4) is 11.5 Å². The van der Waals surface area contributed by atoms with Crippen molar-refractivity contribution < 1.29 is 18.5 Å². The predicted molar refractivity (Wildman–Crippen MR) is 113 cm³/mol. The van der Waals surface area contributed by atoms with E-state index in [-0.39, 0.29) is 29.9 Å². The number of rotatable bonds is 6. The molecule has 1 aromatic heterocycles. The number of aromatic nitrogens is 2. The average Bonchev–Trinajstić information content (AvgIpc) is 3.30. The Balaban J connectivity index is 1.33. The van der Waals surface area contributed by atoms with Crippen molar-refractivity contribution in [3.63, 3.8) is 0 Å². The molecule has 1 aliphatic heterocycles. The number of non-ortho nitro benzene ring substituents is 1. The Hall–Kier alpha value is -3.66. The molecular formula is C22H22FN5O4. The molecule has 32 heavy (non-hydrogen) atoms. The fraction of sp³-hybridized carbons (Fsp3) is 0.318. The zero-order valence-electron chi connectivity index (χ0n) is 17.5. The maximum atomic E-state index is 13.0. The highest BCUT2D eigenvalue weighted by molar-refractivity contribution is 5.78. The van der Waals surface area contributed by atoms with Crippen molar-refractivity contribution >= 4 is 11.6 Å². The van der Waals surface area contributed by atoms with E-state index in [4.69, 9.17) is 4.42 Å². The predicted octanol–water partition coefficient (Wildman–Crippen LogP) is 3.23. The molecule has 0 aliphatic carbocycles. The summed E-state index contributed by atoms with van der Waals surface area (Å²) in [5.41, 5.74) is 1.39. The SMILES string of the molecule is CC(c1nnc(-c2ccc([N+](=O)[O-])cc2)o1)N1CCN(C(=O)Cc2ccc(F)cc2)CC1. The molecule has 2 heterocycles. The second-order valence-electron chi connectivity index (χ2n) is 7.65. The molecule has 1 amide bonds. The van der Waals surface area contributed by atoms with Crippen molar-refractivity contribution in [2.75, 3.05) is 26.2 Å². The van der Waals surface area contributed by atoms with Gasteiger partial charge in [0.15, 0.2) is 0 Å². The smallest absolute Gasteiger partial charge is 0.269 e. The molecule has 2 aromatic carbocycles. The molecule has 9 nitrogen and oxygen atoms in total. The maximum absolute atomic E-state index is 13.0. The zero-order chi connectivity index (χ0) is 22.7. The zero-order valence-corrected chi connectivity index (χ0v) is 17.5. The van der Waals surface area contributed by atoms with Gasteiger partial charge < -0.3 is 9.32 Å². The quantitative estimate of drug-likeness (QED) is 0.429. The number of amides is 1. The number of nitro groups is 1. The molecule has 0 N–H and O–H groups in total. The lowest BCUT2D eigenvalue weighted by atomic mass is 10.1. The molecule has 1 aliphatic rings. The van der Waals surface area contributed by atoms with Gasteiger partial charge in [-0.15, -0.1) is 10.2 Å². The molecule has 1 atom stereocenters. The maximum Gasteiger partial charge on any atom is 0.269 e. The number of hydrogen-bond donors (Lipinski definition) is 0. The van der Waals surface area contributed by atoms with Gasteiger partial charge in [0.25, 0.3) is 5.69 Å². The Labute approximate surface area is 183 Å². The van der Waals surface area contributed by atoms with Crippen molar-refractivity contribution in [1.29, 1.82) is 0 Å². The Morgan fingerprint density at radius 1 is 1.09 bits per heavy atom. The number of nitro benzene ring substituents is 1. The highest BCUT2D eigenvalue weighted by Gasteiger charge is 2.27. The lowest BCUT2D eigenvalue weighted by Crippen LogP contribution is -2.49. The summed E-state index contributed by atoms with van der Waals surface area (Å²) in [6, 6.07) is 11.8. The molecule has 1 unspecified atom stereocenters. The number of benzene rings is 2. The van der Waals surface area contributed by atoms with E-state index in [0.29, 0.717) is 43.5 Å². The fourth-order valence-electron chi connectivity index (χ4n) is 3.65. The Bertz CT molecular complexity index is 1090. The molecule has 3 aromatic rings. The van der Waals surface area contributed by atoms with Crippen LogP contribution in [-0.2, 0) is 11.2 Å². The van der Waals surface area contributed by atoms with Gasteiger partial charge in [0.1, 0.15) is 5.82 Å². The van der Waals surface area contributed by atoms with Gasteiger partial charge in [-0.3, -0.25) is 19.8 Å². The molecule has 10 heteroatoms. The van der Waals surface area contributed by atoms with Crippen molar-refractivity contribution in [1.82, 2.24) is 20.0 Å². The van der Waals surface area contributed by atoms with Gasteiger partial charge in [0.05, 0.1) is 17.4 Å². The molecular weight excluding hydrogens is 417 g/mol. The Kier molecular flexibility index (Phi) is 6.22. The number of carbonyl (C=O) groups excluding carboxylic acids is 1. The first-order chi connectivity index (χ1) is 15.4. The van der Waals surface area contributed by atoms with E-state index in [2.05, 4.69) is 15.1 Å². The number of piperazine rings is 1. The van der Waals surface area contributed by atoms with Gasteiger partial charge in [-0.05, 0) is 36.8 Å². The third-order valence-corrected chi connectivity index (χ3v) is 5.61. The average molecular weight is 439 g/mol. The van der Waals surface area contributed by atoms with E-state index in [0.717, 1.165) is 5.56 Å². The first-order valence-electron chi connectivity index (χ1n) is 10.2. The van der Waals surface area contributed by atoms with Crippen molar-refractivity contribution in [2.45, 2.75) is 19.4 Å². The third kappa shape index (κ3) is 4.80. The van der Waals surface area contributed by atoms with Crippen LogP contribution in [-0.4, -0.2) is 57.0 Å². The van der Waals surface area contributed by atoms with Crippen LogP contribution in [0.15, 0.2) is 52.9 Å². The van der Waals surface area contributed by atoms with E-state index in [1.54, 1.807) is 24.3 Å². The first-order valence-corrected chi connectivity index (χ1v) is 10.2. The molecule has 4 rings (SSSR count). The minimum absolute atomic E-state index is 0.00583. The second kappa shape index (κ2) is 9.23. The first kappa shape index (κ1) is 21.6. The van der Waals surface area contributed by atoms with Gasteiger partial charge >= 0.3 is 0 Å². The molecule has 0 radical (unpaired) electrons. The lowest BCUT2D eigenvalue weighted by Gasteiger charge is -2.37. The van der Waals surface area contributed by atoms with Crippen LogP contribution in [0.1, 0.15) is 24.4 Å². The monoisotopic (exact) mass is 439 g/mol. The largest absolute Gasteiger partial charge is 0.419 e. The van der Waals surface area contributed by atoms with Gasteiger partial charge in [0, 0.05) is 43.9 Å². The summed E-state index contributed by atoms with van der Waals surface area (Å²) in [7, 11) is 0. The summed E-state index contributed by atoms with van der Waals surface area (Å²) in [4.78, 5) is 26.9.